The lowest BCUT2D eigenvalue weighted by Gasteiger charge is -1.95. The van der Waals surface area contributed by atoms with E-state index in [1.165, 1.54) is 18.2 Å². The van der Waals surface area contributed by atoms with Gasteiger partial charge in [0.05, 0.1) is 4.91 Å². The van der Waals surface area contributed by atoms with Gasteiger partial charge in [-0.15, -0.1) is 12.6 Å². The van der Waals surface area contributed by atoms with E-state index in [4.69, 9.17) is 10.2 Å². The Morgan fingerprint density at radius 3 is 2.31 bits per heavy atom. The van der Waals surface area contributed by atoms with Gasteiger partial charge in [-0.2, -0.15) is 0 Å². The Hall–Kier alpha value is -1.42. The number of rotatable bonds is 2. The number of benzene rings is 1. The smallest absolute Gasteiger partial charge is 0.341 e. The van der Waals surface area contributed by atoms with Gasteiger partial charge in [0.25, 0.3) is 0 Å². The number of carbonyl (C=O) groups is 1. The van der Waals surface area contributed by atoms with Gasteiger partial charge in [0, 0.05) is 0 Å². The first kappa shape index (κ1) is 9.67. The summed E-state index contributed by atoms with van der Waals surface area (Å²) in [6, 6.07) is 6.17. The molecule has 13 heavy (non-hydrogen) atoms. The van der Waals surface area contributed by atoms with E-state index in [0.717, 1.165) is 0 Å². The molecule has 0 fully saturated rings. The fourth-order valence-electron chi connectivity index (χ4n) is 0.790. The van der Waals surface area contributed by atoms with Crippen LogP contribution >= 0.6 is 12.6 Å². The first-order chi connectivity index (χ1) is 6.09. The van der Waals surface area contributed by atoms with Gasteiger partial charge in [-0.25, -0.2) is 4.79 Å². The monoisotopic (exact) mass is 196 g/mol. The molecule has 1 rings (SSSR count). The summed E-state index contributed by atoms with van der Waals surface area (Å²) in [5.74, 6) is -0.926. The van der Waals surface area contributed by atoms with Gasteiger partial charge in [-0.3, -0.25) is 0 Å². The van der Waals surface area contributed by atoms with Crippen LogP contribution in [0.5, 0.6) is 5.75 Å². The van der Waals surface area contributed by atoms with Crippen LogP contribution in [0.15, 0.2) is 29.2 Å². The lowest BCUT2D eigenvalue weighted by molar-refractivity contribution is -0.131. The van der Waals surface area contributed by atoms with E-state index >= 15 is 0 Å². The van der Waals surface area contributed by atoms with Gasteiger partial charge in [-0.1, -0.05) is 12.1 Å². The molecule has 3 nitrogen and oxygen atoms in total. The molecule has 0 saturated heterocycles. The number of carboxylic acids is 1. The van der Waals surface area contributed by atoms with Crippen LogP contribution in [0.3, 0.4) is 0 Å². The molecule has 0 aliphatic rings. The summed E-state index contributed by atoms with van der Waals surface area (Å²) in [6.07, 6.45) is 1.41. The fraction of sp³-hybridized carbons (Fsp3) is 0. The van der Waals surface area contributed by atoms with Crippen molar-refractivity contribution in [2.45, 2.75) is 0 Å². The molecule has 0 saturated carbocycles. The number of aromatic hydroxyl groups is 1. The molecule has 0 atom stereocenters. The summed E-state index contributed by atoms with van der Waals surface area (Å²) in [5, 5.41) is 17.4. The van der Waals surface area contributed by atoms with Gasteiger partial charge >= 0.3 is 5.97 Å². The van der Waals surface area contributed by atoms with E-state index in [0.29, 0.717) is 5.56 Å². The predicted octanol–water partition coefficient (Wildman–Crippen LogP) is 1.75. The third kappa shape index (κ3) is 2.83. The minimum Gasteiger partial charge on any atom is -0.508 e. The number of phenolic OH excluding ortho intramolecular Hbond substituents is 1. The Bertz CT molecular complexity index is 340. The topological polar surface area (TPSA) is 57.5 Å². The van der Waals surface area contributed by atoms with Crippen molar-refractivity contribution in [3.05, 3.63) is 34.7 Å². The Morgan fingerprint density at radius 1 is 1.31 bits per heavy atom. The molecule has 0 amide bonds. The zero-order valence-corrected chi connectivity index (χ0v) is 7.53. The number of hydrogen-bond acceptors (Lipinski definition) is 3. The molecule has 2 N–H and O–H groups in total. The van der Waals surface area contributed by atoms with Crippen LogP contribution in [-0.2, 0) is 4.79 Å². The van der Waals surface area contributed by atoms with Crippen LogP contribution in [0.2, 0.25) is 0 Å². The van der Waals surface area contributed by atoms with E-state index in [1.54, 1.807) is 12.1 Å². The van der Waals surface area contributed by atoms with Crippen molar-refractivity contribution in [2.75, 3.05) is 0 Å². The number of phenols is 1. The SMILES string of the molecule is O=C(O)/C(S)=C/c1ccc(O)cc1. The molecule has 0 heterocycles. The van der Waals surface area contributed by atoms with Crippen molar-refractivity contribution >= 4 is 24.7 Å². The van der Waals surface area contributed by atoms with E-state index in [-0.39, 0.29) is 10.7 Å². The molecule has 1 aromatic rings. The normalized spacial score (nSPS) is 11.3. The highest BCUT2D eigenvalue weighted by molar-refractivity contribution is 7.85. The summed E-state index contributed by atoms with van der Waals surface area (Å²) >= 11 is 3.76. The van der Waals surface area contributed by atoms with Gasteiger partial charge in [0.15, 0.2) is 0 Å². The second kappa shape index (κ2) is 4.00. The zero-order chi connectivity index (χ0) is 9.84. The van der Waals surface area contributed by atoms with E-state index in [9.17, 15) is 4.79 Å². The van der Waals surface area contributed by atoms with E-state index in [1.807, 2.05) is 0 Å². The first-order valence-corrected chi connectivity index (χ1v) is 3.97. The molecule has 0 unspecified atom stereocenters. The number of thiol groups is 1. The molecular weight excluding hydrogens is 188 g/mol. The van der Waals surface area contributed by atoms with E-state index in [2.05, 4.69) is 12.6 Å². The van der Waals surface area contributed by atoms with Crippen LogP contribution in [0.1, 0.15) is 5.56 Å². The molecule has 0 radical (unpaired) electrons. The van der Waals surface area contributed by atoms with Crippen molar-refractivity contribution in [3.8, 4) is 5.75 Å². The van der Waals surface area contributed by atoms with Crippen LogP contribution in [0, 0.1) is 0 Å². The first-order valence-electron chi connectivity index (χ1n) is 3.52. The second-order valence-corrected chi connectivity index (χ2v) is 2.91. The standard InChI is InChI=1S/C9H8O3S/c10-7-3-1-6(2-4-7)5-8(13)9(11)12/h1-5,10,13H,(H,11,12)/b8-5-. The van der Waals surface area contributed by atoms with Crippen molar-refractivity contribution in [3.63, 3.8) is 0 Å². The highest BCUT2D eigenvalue weighted by Crippen LogP contribution is 2.14. The average Bonchev–Trinajstić information content (AvgIpc) is 2.08. The molecule has 68 valence electrons. The summed E-state index contributed by atoms with van der Waals surface area (Å²) < 4.78 is 0. The van der Waals surface area contributed by atoms with Crippen LogP contribution < -0.4 is 0 Å². The van der Waals surface area contributed by atoms with Gasteiger partial charge in [0.1, 0.15) is 5.75 Å². The van der Waals surface area contributed by atoms with Crippen LogP contribution in [0.4, 0.5) is 0 Å². The maximum atomic E-state index is 10.4. The summed E-state index contributed by atoms with van der Waals surface area (Å²) in [4.78, 5) is 10.3. The van der Waals surface area contributed by atoms with Crippen molar-refractivity contribution in [2.24, 2.45) is 0 Å². The Labute approximate surface area is 80.7 Å². The van der Waals surface area contributed by atoms with Crippen molar-refractivity contribution in [1.29, 1.82) is 0 Å². The molecule has 0 aromatic heterocycles. The quantitative estimate of drug-likeness (QED) is 0.499. The maximum absolute atomic E-state index is 10.4. The number of hydrogen-bond donors (Lipinski definition) is 3. The molecule has 0 spiro atoms. The van der Waals surface area contributed by atoms with Gasteiger partial charge in [-0.05, 0) is 23.8 Å². The van der Waals surface area contributed by atoms with Crippen molar-refractivity contribution in [1.82, 2.24) is 0 Å². The molecule has 4 heteroatoms. The van der Waals surface area contributed by atoms with Crippen LogP contribution in [-0.4, -0.2) is 16.2 Å². The fourth-order valence-corrected chi connectivity index (χ4v) is 0.939. The molecular formula is C9H8O3S. The Balaban J connectivity index is 2.92. The lowest BCUT2D eigenvalue weighted by Crippen LogP contribution is -1.92. The molecule has 1 aromatic carbocycles. The van der Waals surface area contributed by atoms with E-state index < -0.39 is 5.97 Å². The number of aliphatic carboxylic acids is 1. The Kier molecular flexibility index (Phi) is 2.97. The van der Waals surface area contributed by atoms with Crippen LogP contribution in [0.25, 0.3) is 6.08 Å². The minimum atomic E-state index is -1.07. The summed E-state index contributed by atoms with van der Waals surface area (Å²) in [7, 11) is 0. The Morgan fingerprint density at radius 2 is 1.85 bits per heavy atom. The third-order valence-electron chi connectivity index (χ3n) is 1.42. The molecule has 0 aliphatic carbocycles. The number of carboxylic acid groups (broad SMARTS) is 1. The third-order valence-corrected chi connectivity index (χ3v) is 1.74. The van der Waals surface area contributed by atoms with Gasteiger partial charge in [0.2, 0.25) is 0 Å². The molecule has 0 aliphatic heterocycles. The molecule has 0 bridgehead atoms. The highest BCUT2D eigenvalue weighted by Gasteiger charge is 2.00. The highest BCUT2D eigenvalue weighted by atomic mass is 32.1. The van der Waals surface area contributed by atoms with Gasteiger partial charge < -0.3 is 10.2 Å². The second-order valence-electron chi connectivity index (χ2n) is 2.43. The summed E-state index contributed by atoms with van der Waals surface area (Å²) in [6.45, 7) is 0. The summed E-state index contributed by atoms with van der Waals surface area (Å²) in [5.41, 5.74) is 0.685. The minimum absolute atomic E-state index is 0.0364. The zero-order valence-electron chi connectivity index (χ0n) is 6.64. The largest absolute Gasteiger partial charge is 0.508 e. The lowest BCUT2D eigenvalue weighted by atomic mass is 10.2. The average molecular weight is 196 g/mol. The maximum Gasteiger partial charge on any atom is 0.341 e. The van der Waals surface area contributed by atoms with Crippen molar-refractivity contribution < 1.29 is 15.0 Å². The predicted molar refractivity (Wildman–Crippen MR) is 52.7 cm³/mol.